The van der Waals surface area contributed by atoms with Gasteiger partial charge in [-0.1, -0.05) is 101 Å². The van der Waals surface area contributed by atoms with Crippen molar-refractivity contribution in [3.05, 3.63) is 132 Å². The lowest BCUT2D eigenvalue weighted by molar-refractivity contribution is 1.18. The van der Waals surface area contributed by atoms with Crippen molar-refractivity contribution >= 4 is 48.6 Å². The molecule has 170 valence electrons. The fraction of sp³-hybridized carbons (Fsp3) is 0. The van der Waals surface area contributed by atoms with E-state index < -0.39 is 0 Å². The second-order valence-corrected chi connectivity index (χ2v) is 9.86. The van der Waals surface area contributed by atoms with Crippen LogP contribution in [0.3, 0.4) is 0 Å². The fourth-order valence-corrected chi connectivity index (χ4v) is 5.71. The Labute approximate surface area is 217 Å². The van der Waals surface area contributed by atoms with Gasteiger partial charge >= 0.3 is 0 Å². The van der Waals surface area contributed by atoms with E-state index in [4.69, 9.17) is 4.98 Å². The van der Waals surface area contributed by atoms with Crippen LogP contribution in [0.2, 0.25) is 0 Å². The maximum absolute atomic E-state index is 4.89. The maximum atomic E-state index is 4.89. The van der Waals surface area contributed by atoms with Crippen LogP contribution in [0.15, 0.2) is 132 Å². The lowest BCUT2D eigenvalue weighted by Crippen LogP contribution is -1.93. The molecule has 0 unspecified atom stereocenters. The number of hydrogen-bond donors (Lipinski definition) is 0. The van der Waals surface area contributed by atoms with Crippen molar-refractivity contribution in [3.63, 3.8) is 0 Å². The molecule has 7 aromatic rings. The van der Waals surface area contributed by atoms with Crippen molar-refractivity contribution in [1.82, 2.24) is 9.55 Å². The van der Waals surface area contributed by atoms with Gasteiger partial charge in [-0.2, -0.15) is 0 Å². The van der Waals surface area contributed by atoms with E-state index in [0.717, 1.165) is 32.2 Å². The molecule has 0 N–H and O–H groups in total. The summed E-state index contributed by atoms with van der Waals surface area (Å²) in [7, 11) is 0. The van der Waals surface area contributed by atoms with Gasteiger partial charge in [0.15, 0.2) is 0 Å². The largest absolute Gasteiger partial charge is 0.309 e. The number of fused-ring (bicyclic) bond motifs is 4. The van der Waals surface area contributed by atoms with Crippen LogP contribution in [0.1, 0.15) is 0 Å². The summed E-state index contributed by atoms with van der Waals surface area (Å²) in [5.41, 5.74) is 8.99. The Morgan fingerprint density at radius 2 is 1.28 bits per heavy atom. The second-order valence-electron chi connectivity index (χ2n) is 9.00. The summed E-state index contributed by atoms with van der Waals surface area (Å²) < 4.78 is 3.39. The average Bonchev–Trinajstić information content (AvgIpc) is 3.27. The summed E-state index contributed by atoms with van der Waals surface area (Å²) in [6.07, 6.45) is 0. The number of para-hydroxylation sites is 3. The van der Waals surface area contributed by atoms with Gasteiger partial charge in [-0.05, 0) is 53.6 Å². The number of rotatable bonds is 3. The van der Waals surface area contributed by atoms with Crippen LogP contribution in [0, 0.1) is 0 Å². The van der Waals surface area contributed by atoms with Gasteiger partial charge in [0.25, 0.3) is 0 Å². The van der Waals surface area contributed by atoms with Crippen molar-refractivity contribution in [2.75, 3.05) is 0 Å². The van der Waals surface area contributed by atoms with Gasteiger partial charge in [-0.25, -0.2) is 4.98 Å². The minimum absolute atomic E-state index is 0.965. The minimum atomic E-state index is 0.965. The summed E-state index contributed by atoms with van der Waals surface area (Å²) in [5, 5.41) is 3.67. The Morgan fingerprint density at radius 1 is 0.556 bits per heavy atom. The van der Waals surface area contributed by atoms with E-state index in [-0.39, 0.29) is 0 Å². The number of pyridine rings is 1. The Morgan fingerprint density at radius 3 is 2.17 bits per heavy atom. The molecule has 2 aromatic heterocycles. The van der Waals surface area contributed by atoms with Crippen LogP contribution in [-0.2, 0) is 0 Å². The molecule has 2 heterocycles. The molecule has 0 aliphatic rings. The molecule has 0 aliphatic heterocycles. The van der Waals surface area contributed by atoms with E-state index in [2.05, 4.69) is 136 Å². The van der Waals surface area contributed by atoms with Gasteiger partial charge in [0.05, 0.1) is 22.2 Å². The zero-order valence-corrected chi connectivity index (χ0v) is 21.0. The lowest BCUT2D eigenvalue weighted by atomic mass is 10.0. The van der Waals surface area contributed by atoms with E-state index in [1.54, 1.807) is 0 Å². The van der Waals surface area contributed by atoms with Crippen LogP contribution in [-0.4, -0.2) is 9.55 Å². The maximum Gasteiger partial charge on any atom is 0.0721 e. The summed E-state index contributed by atoms with van der Waals surface area (Å²) in [6, 6.07) is 45.0. The molecular formula is C33H21BrN2. The third kappa shape index (κ3) is 3.43. The van der Waals surface area contributed by atoms with Gasteiger partial charge < -0.3 is 4.57 Å². The smallest absolute Gasteiger partial charge is 0.0721 e. The number of nitrogens with zero attached hydrogens (tertiary/aromatic N) is 2. The highest BCUT2D eigenvalue weighted by atomic mass is 79.9. The van der Waals surface area contributed by atoms with Crippen molar-refractivity contribution < 1.29 is 0 Å². The highest BCUT2D eigenvalue weighted by Crippen LogP contribution is 2.37. The van der Waals surface area contributed by atoms with E-state index in [1.165, 1.54) is 33.1 Å². The van der Waals surface area contributed by atoms with E-state index in [0.29, 0.717) is 0 Å². The fourth-order valence-electron chi connectivity index (χ4n) is 5.12. The van der Waals surface area contributed by atoms with Gasteiger partial charge in [0.1, 0.15) is 0 Å². The summed E-state index contributed by atoms with van der Waals surface area (Å²) >= 11 is 3.83. The molecule has 2 nitrogen and oxygen atoms in total. The van der Waals surface area contributed by atoms with Crippen LogP contribution >= 0.6 is 15.9 Å². The standard InChI is InChI=1S/C33H21BrN2/c34-29-20-23(15-18-28(29)31-19-16-22-8-4-6-12-30(22)35-31)24-14-17-27-26-11-5-7-13-32(26)36(33(27)21-24)25-9-2-1-3-10-25/h1-21H. The third-order valence-corrected chi connectivity index (χ3v) is 7.52. The van der Waals surface area contributed by atoms with E-state index in [1.807, 2.05) is 12.1 Å². The first-order chi connectivity index (χ1) is 17.8. The number of hydrogen-bond acceptors (Lipinski definition) is 1. The van der Waals surface area contributed by atoms with Crippen molar-refractivity contribution in [3.8, 4) is 28.1 Å². The second kappa shape index (κ2) is 8.47. The number of halogens is 1. The monoisotopic (exact) mass is 524 g/mol. The number of aromatic nitrogens is 2. The van der Waals surface area contributed by atoms with Crippen molar-refractivity contribution in [2.24, 2.45) is 0 Å². The number of benzene rings is 5. The molecule has 0 saturated carbocycles. The molecule has 0 saturated heterocycles. The first-order valence-corrected chi connectivity index (χ1v) is 12.8. The van der Waals surface area contributed by atoms with Gasteiger partial charge in [0.2, 0.25) is 0 Å². The molecule has 0 fully saturated rings. The van der Waals surface area contributed by atoms with Crippen LogP contribution in [0.25, 0.3) is 60.8 Å². The zero-order chi connectivity index (χ0) is 24.1. The summed E-state index contributed by atoms with van der Waals surface area (Å²) in [5.74, 6) is 0. The Bertz CT molecular complexity index is 1900. The molecule has 5 aromatic carbocycles. The molecule has 0 spiro atoms. The molecular weight excluding hydrogens is 504 g/mol. The van der Waals surface area contributed by atoms with Crippen molar-refractivity contribution in [2.45, 2.75) is 0 Å². The highest BCUT2D eigenvalue weighted by molar-refractivity contribution is 9.10. The van der Waals surface area contributed by atoms with Gasteiger partial charge in [-0.15, -0.1) is 0 Å². The normalized spacial score (nSPS) is 11.5. The van der Waals surface area contributed by atoms with Gasteiger partial charge in [-0.3, -0.25) is 0 Å². The lowest BCUT2D eigenvalue weighted by Gasteiger charge is -2.11. The third-order valence-electron chi connectivity index (χ3n) is 6.86. The van der Waals surface area contributed by atoms with Crippen LogP contribution in [0.4, 0.5) is 0 Å². The molecule has 0 atom stereocenters. The Balaban J connectivity index is 1.37. The van der Waals surface area contributed by atoms with Crippen LogP contribution in [0.5, 0.6) is 0 Å². The predicted octanol–water partition coefficient (Wildman–Crippen LogP) is 9.43. The molecule has 0 radical (unpaired) electrons. The summed E-state index contributed by atoms with van der Waals surface area (Å²) in [4.78, 5) is 4.89. The molecule has 0 bridgehead atoms. The minimum Gasteiger partial charge on any atom is -0.309 e. The zero-order valence-electron chi connectivity index (χ0n) is 19.4. The Hall–Kier alpha value is -4.21. The first-order valence-electron chi connectivity index (χ1n) is 12.0. The van der Waals surface area contributed by atoms with Gasteiger partial charge in [0, 0.05) is 31.9 Å². The highest BCUT2D eigenvalue weighted by Gasteiger charge is 2.14. The molecule has 7 rings (SSSR count). The van der Waals surface area contributed by atoms with E-state index in [9.17, 15) is 0 Å². The van der Waals surface area contributed by atoms with E-state index >= 15 is 0 Å². The Kier molecular flexibility index (Phi) is 4.97. The SMILES string of the molecule is Brc1cc(-c2ccc3c4ccccc4n(-c4ccccc4)c3c2)ccc1-c1ccc2ccccc2n1. The predicted molar refractivity (Wildman–Crippen MR) is 155 cm³/mol. The topological polar surface area (TPSA) is 17.8 Å². The van der Waals surface area contributed by atoms with Crippen LogP contribution < -0.4 is 0 Å². The molecule has 0 aliphatic carbocycles. The molecule has 0 amide bonds. The van der Waals surface area contributed by atoms with Crippen molar-refractivity contribution in [1.29, 1.82) is 0 Å². The average molecular weight is 525 g/mol. The molecule has 36 heavy (non-hydrogen) atoms. The first kappa shape index (κ1) is 21.1. The quantitative estimate of drug-likeness (QED) is 0.225. The molecule has 3 heteroatoms. The summed E-state index contributed by atoms with van der Waals surface area (Å²) in [6.45, 7) is 0.